The molecule has 0 aliphatic rings. The predicted molar refractivity (Wildman–Crippen MR) is 75.0 cm³/mol. The van der Waals surface area contributed by atoms with E-state index in [1.54, 1.807) is 6.26 Å². The zero-order valence-electron chi connectivity index (χ0n) is 11.8. The van der Waals surface area contributed by atoms with Crippen LogP contribution in [0, 0.1) is 6.92 Å². The highest BCUT2D eigenvalue weighted by Crippen LogP contribution is 2.22. The fraction of sp³-hybridized carbons (Fsp3) is 0.467. The van der Waals surface area contributed by atoms with Crippen molar-refractivity contribution in [1.82, 2.24) is 15.5 Å². The molecule has 0 spiro atoms. The van der Waals surface area contributed by atoms with Gasteiger partial charge in [-0.1, -0.05) is 13.8 Å². The number of likely N-dealkylation sites (N-methyl/N-ethyl adjacent to an activating group) is 1. The molecule has 0 aliphatic carbocycles. The molecule has 19 heavy (non-hydrogen) atoms. The number of nitrogens with one attached hydrogen (secondary N) is 1. The molecule has 4 nitrogen and oxygen atoms in total. The zero-order chi connectivity index (χ0) is 13.7. The molecule has 2 aromatic rings. The molecular weight excluding hydrogens is 238 g/mol. The van der Waals surface area contributed by atoms with Gasteiger partial charge in [-0.3, -0.25) is 0 Å². The smallest absolute Gasteiger partial charge is 0.105 e. The highest BCUT2D eigenvalue weighted by atomic mass is 16.3. The average Bonchev–Trinajstić information content (AvgIpc) is 2.91. The normalized spacial score (nSPS) is 12.6. The monoisotopic (exact) mass is 259 g/mol. The van der Waals surface area contributed by atoms with E-state index in [4.69, 9.17) is 4.42 Å². The first-order chi connectivity index (χ1) is 9.24. The van der Waals surface area contributed by atoms with Gasteiger partial charge in [-0.2, -0.15) is 10.2 Å². The Hall–Kier alpha value is -1.68. The first-order valence-electron chi connectivity index (χ1n) is 6.83. The van der Waals surface area contributed by atoms with Gasteiger partial charge in [0.05, 0.1) is 17.7 Å². The second kappa shape index (κ2) is 6.48. The molecule has 2 heterocycles. The van der Waals surface area contributed by atoms with Crippen LogP contribution < -0.4 is 5.32 Å². The van der Waals surface area contributed by atoms with Gasteiger partial charge in [0, 0.05) is 12.5 Å². The maximum Gasteiger partial charge on any atom is 0.105 e. The van der Waals surface area contributed by atoms with Crippen LogP contribution in [0.2, 0.25) is 0 Å². The minimum atomic E-state index is 0.222. The molecule has 2 rings (SSSR count). The molecule has 4 heteroatoms. The Morgan fingerprint density at radius 1 is 1.32 bits per heavy atom. The number of aryl methyl sites for hydroxylation is 2. The van der Waals surface area contributed by atoms with Gasteiger partial charge in [0.1, 0.15) is 5.76 Å². The van der Waals surface area contributed by atoms with E-state index >= 15 is 0 Å². The first-order valence-corrected chi connectivity index (χ1v) is 6.83. The molecule has 2 aromatic heterocycles. The first kappa shape index (κ1) is 13.7. The van der Waals surface area contributed by atoms with Crippen LogP contribution in [0.25, 0.3) is 0 Å². The molecule has 1 N–H and O–H groups in total. The summed E-state index contributed by atoms with van der Waals surface area (Å²) in [6, 6.07) is 6.29. The fourth-order valence-corrected chi connectivity index (χ4v) is 2.28. The number of aromatic nitrogens is 2. The molecule has 1 atom stereocenters. The largest absolute Gasteiger partial charge is 0.469 e. The highest BCUT2D eigenvalue weighted by molar-refractivity contribution is 5.26. The summed E-state index contributed by atoms with van der Waals surface area (Å²) < 4.78 is 5.46. The van der Waals surface area contributed by atoms with E-state index in [2.05, 4.69) is 35.4 Å². The summed E-state index contributed by atoms with van der Waals surface area (Å²) in [5, 5.41) is 12.0. The van der Waals surface area contributed by atoms with E-state index in [0.717, 1.165) is 36.5 Å². The molecule has 0 aliphatic heterocycles. The highest BCUT2D eigenvalue weighted by Gasteiger charge is 2.17. The lowest BCUT2D eigenvalue weighted by molar-refractivity contribution is 0.452. The number of rotatable bonds is 6. The van der Waals surface area contributed by atoms with E-state index in [1.807, 2.05) is 19.1 Å². The summed E-state index contributed by atoms with van der Waals surface area (Å²) in [5.74, 6) is 0.988. The summed E-state index contributed by atoms with van der Waals surface area (Å²) in [7, 11) is 0. The van der Waals surface area contributed by atoms with Gasteiger partial charge in [0.2, 0.25) is 0 Å². The van der Waals surface area contributed by atoms with Crippen molar-refractivity contribution in [2.24, 2.45) is 0 Å². The van der Waals surface area contributed by atoms with Gasteiger partial charge in [0.15, 0.2) is 0 Å². The van der Waals surface area contributed by atoms with Crippen LogP contribution in [0.15, 0.2) is 28.9 Å². The summed E-state index contributed by atoms with van der Waals surface area (Å²) >= 11 is 0. The van der Waals surface area contributed by atoms with Crippen molar-refractivity contribution in [3.63, 3.8) is 0 Å². The van der Waals surface area contributed by atoms with E-state index in [-0.39, 0.29) is 6.04 Å². The molecule has 0 bridgehead atoms. The van der Waals surface area contributed by atoms with Crippen LogP contribution in [-0.4, -0.2) is 16.7 Å². The summed E-state index contributed by atoms with van der Waals surface area (Å²) in [6.07, 6.45) is 3.44. The Morgan fingerprint density at radius 3 is 2.79 bits per heavy atom. The molecule has 0 saturated heterocycles. The van der Waals surface area contributed by atoms with E-state index < -0.39 is 0 Å². The van der Waals surface area contributed by atoms with E-state index in [9.17, 15) is 0 Å². The van der Waals surface area contributed by atoms with Gasteiger partial charge in [-0.15, -0.1) is 0 Å². The quantitative estimate of drug-likeness (QED) is 0.866. The molecule has 0 aromatic carbocycles. The Morgan fingerprint density at radius 2 is 2.16 bits per heavy atom. The lowest BCUT2D eigenvalue weighted by Gasteiger charge is -2.19. The lowest BCUT2D eigenvalue weighted by Crippen LogP contribution is -2.24. The van der Waals surface area contributed by atoms with Gasteiger partial charge < -0.3 is 9.73 Å². The van der Waals surface area contributed by atoms with Crippen LogP contribution in [0.3, 0.4) is 0 Å². The van der Waals surface area contributed by atoms with Crippen molar-refractivity contribution in [3.05, 3.63) is 47.2 Å². The fourth-order valence-electron chi connectivity index (χ4n) is 2.28. The number of furan rings is 1. The molecular formula is C15H21N3O. The number of hydrogen-bond donors (Lipinski definition) is 1. The molecule has 0 fully saturated rings. The third-order valence-corrected chi connectivity index (χ3v) is 3.17. The maximum absolute atomic E-state index is 5.46. The van der Waals surface area contributed by atoms with E-state index in [1.165, 1.54) is 5.56 Å². The number of nitrogens with zero attached hydrogens (tertiary/aromatic N) is 2. The van der Waals surface area contributed by atoms with Gasteiger partial charge in [0.25, 0.3) is 0 Å². The van der Waals surface area contributed by atoms with Crippen molar-refractivity contribution in [2.45, 2.75) is 39.7 Å². The van der Waals surface area contributed by atoms with Crippen molar-refractivity contribution < 1.29 is 4.42 Å². The van der Waals surface area contributed by atoms with Crippen molar-refractivity contribution in [2.75, 3.05) is 6.54 Å². The Balaban J connectivity index is 2.29. The second-order valence-corrected chi connectivity index (χ2v) is 4.64. The molecule has 0 radical (unpaired) electrons. The minimum absolute atomic E-state index is 0.222. The molecule has 1 unspecified atom stereocenters. The SMILES string of the molecule is CCNC(Cc1ccco1)c1cc(C)nnc1CC. The van der Waals surface area contributed by atoms with Crippen LogP contribution >= 0.6 is 0 Å². The van der Waals surface area contributed by atoms with Crippen LogP contribution in [-0.2, 0) is 12.8 Å². The van der Waals surface area contributed by atoms with Crippen LogP contribution in [0.4, 0.5) is 0 Å². The van der Waals surface area contributed by atoms with Crippen molar-refractivity contribution in [1.29, 1.82) is 0 Å². The van der Waals surface area contributed by atoms with Gasteiger partial charge >= 0.3 is 0 Å². The Labute approximate surface area is 114 Å². The summed E-state index contributed by atoms with van der Waals surface area (Å²) in [5.41, 5.74) is 3.24. The summed E-state index contributed by atoms with van der Waals surface area (Å²) in [4.78, 5) is 0. The summed E-state index contributed by atoms with van der Waals surface area (Å²) in [6.45, 7) is 7.11. The van der Waals surface area contributed by atoms with Gasteiger partial charge in [-0.25, -0.2) is 0 Å². The molecule has 0 saturated carbocycles. The zero-order valence-corrected chi connectivity index (χ0v) is 11.8. The Kier molecular flexibility index (Phi) is 4.68. The minimum Gasteiger partial charge on any atom is -0.469 e. The third kappa shape index (κ3) is 3.41. The third-order valence-electron chi connectivity index (χ3n) is 3.17. The van der Waals surface area contributed by atoms with E-state index in [0.29, 0.717) is 0 Å². The van der Waals surface area contributed by atoms with Crippen molar-refractivity contribution in [3.8, 4) is 0 Å². The Bertz CT molecular complexity index is 508. The van der Waals surface area contributed by atoms with Gasteiger partial charge in [-0.05, 0) is 43.7 Å². The van der Waals surface area contributed by atoms with Crippen LogP contribution in [0.5, 0.6) is 0 Å². The molecule has 0 amide bonds. The second-order valence-electron chi connectivity index (χ2n) is 4.64. The predicted octanol–water partition coefficient (Wildman–Crippen LogP) is 2.83. The van der Waals surface area contributed by atoms with Crippen molar-refractivity contribution >= 4 is 0 Å². The van der Waals surface area contributed by atoms with Crippen LogP contribution in [0.1, 0.15) is 42.6 Å². The molecule has 102 valence electrons. The lowest BCUT2D eigenvalue weighted by atomic mass is 9.99. The number of hydrogen-bond acceptors (Lipinski definition) is 4. The topological polar surface area (TPSA) is 51.0 Å². The maximum atomic E-state index is 5.46. The average molecular weight is 259 g/mol. The standard InChI is InChI=1S/C15H21N3O/c1-4-14-13(9-11(3)17-18-14)15(16-5-2)10-12-7-6-8-19-12/h6-9,15-16H,4-5,10H2,1-3H3.